The van der Waals surface area contributed by atoms with E-state index in [0.29, 0.717) is 13.2 Å². The van der Waals surface area contributed by atoms with Crippen LogP contribution in [0.25, 0.3) is 6.08 Å². The highest BCUT2D eigenvalue weighted by molar-refractivity contribution is 7.09. The van der Waals surface area contributed by atoms with Gasteiger partial charge in [0, 0.05) is 11.0 Å². The van der Waals surface area contributed by atoms with E-state index in [-0.39, 0.29) is 0 Å². The van der Waals surface area contributed by atoms with Crippen LogP contribution in [0.15, 0.2) is 47.9 Å². The summed E-state index contributed by atoms with van der Waals surface area (Å²) in [5.41, 5.74) is 1.94. The van der Waals surface area contributed by atoms with Crippen molar-refractivity contribution in [3.63, 3.8) is 0 Å². The van der Waals surface area contributed by atoms with Gasteiger partial charge in [-0.1, -0.05) is 30.3 Å². The number of carboxylic acid groups (broad SMARTS) is 1. The van der Waals surface area contributed by atoms with Crippen LogP contribution in [0.5, 0.6) is 0 Å². The minimum absolute atomic E-state index is 0.556. The molecule has 2 aromatic rings. The number of carbonyl (C=O) groups is 1. The van der Waals surface area contributed by atoms with Crippen molar-refractivity contribution in [3.05, 3.63) is 63.9 Å². The Bertz CT molecular complexity index is 541. The maximum absolute atomic E-state index is 10.4. The standard InChI is InChI=1S/C15H14O3S/c16-15(17)8-7-12-3-5-13(6-4-12)10-18-11-14-2-1-9-19-14/h1-9H,10-11H2,(H,16,17). The lowest BCUT2D eigenvalue weighted by molar-refractivity contribution is -0.131. The predicted octanol–water partition coefficient (Wildman–Crippen LogP) is 3.56. The first-order valence-electron chi connectivity index (χ1n) is 5.84. The number of hydrogen-bond donors (Lipinski definition) is 1. The summed E-state index contributed by atoms with van der Waals surface area (Å²) in [7, 11) is 0. The van der Waals surface area contributed by atoms with Crippen LogP contribution in [0.1, 0.15) is 16.0 Å². The van der Waals surface area contributed by atoms with Crippen molar-refractivity contribution >= 4 is 23.4 Å². The van der Waals surface area contributed by atoms with Gasteiger partial charge in [0.1, 0.15) is 0 Å². The molecule has 0 bridgehead atoms. The van der Waals surface area contributed by atoms with Crippen molar-refractivity contribution in [2.45, 2.75) is 13.2 Å². The highest BCUT2D eigenvalue weighted by Gasteiger charge is 1.96. The molecule has 0 aliphatic heterocycles. The molecule has 0 saturated carbocycles. The van der Waals surface area contributed by atoms with Crippen LogP contribution in [-0.2, 0) is 22.7 Å². The summed E-state index contributed by atoms with van der Waals surface area (Å²) in [6.45, 7) is 1.18. The Balaban J connectivity index is 1.83. The van der Waals surface area contributed by atoms with Crippen molar-refractivity contribution < 1.29 is 14.6 Å². The van der Waals surface area contributed by atoms with Gasteiger partial charge in [0.15, 0.2) is 0 Å². The molecule has 1 N–H and O–H groups in total. The summed E-state index contributed by atoms with van der Waals surface area (Å²) in [5, 5.41) is 10.6. The van der Waals surface area contributed by atoms with E-state index in [2.05, 4.69) is 0 Å². The highest BCUT2D eigenvalue weighted by Crippen LogP contribution is 2.12. The van der Waals surface area contributed by atoms with E-state index in [4.69, 9.17) is 9.84 Å². The molecule has 0 aliphatic rings. The van der Waals surface area contributed by atoms with Crippen LogP contribution < -0.4 is 0 Å². The number of ether oxygens (including phenoxy) is 1. The number of rotatable bonds is 6. The first-order chi connectivity index (χ1) is 9.24. The molecule has 0 spiro atoms. The highest BCUT2D eigenvalue weighted by atomic mass is 32.1. The Morgan fingerprint density at radius 3 is 2.63 bits per heavy atom. The Hall–Kier alpha value is -1.91. The molecule has 0 unspecified atom stereocenters. The van der Waals surface area contributed by atoms with E-state index in [9.17, 15) is 4.79 Å². The minimum Gasteiger partial charge on any atom is -0.478 e. The van der Waals surface area contributed by atoms with Crippen LogP contribution in [-0.4, -0.2) is 11.1 Å². The monoisotopic (exact) mass is 274 g/mol. The summed E-state index contributed by atoms with van der Waals surface area (Å²) in [5.74, 6) is -0.941. The first-order valence-corrected chi connectivity index (χ1v) is 6.72. The van der Waals surface area contributed by atoms with Gasteiger partial charge >= 0.3 is 5.97 Å². The van der Waals surface area contributed by atoms with Gasteiger partial charge in [-0.25, -0.2) is 4.79 Å². The summed E-state index contributed by atoms with van der Waals surface area (Å²) >= 11 is 1.68. The van der Waals surface area contributed by atoms with Crippen LogP contribution in [0, 0.1) is 0 Å². The maximum atomic E-state index is 10.4. The Labute approximate surface area is 115 Å². The van der Waals surface area contributed by atoms with Gasteiger partial charge in [-0.3, -0.25) is 0 Å². The van der Waals surface area contributed by atoms with E-state index < -0.39 is 5.97 Å². The topological polar surface area (TPSA) is 46.5 Å². The van der Waals surface area contributed by atoms with Crippen molar-refractivity contribution in [1.29, 1.82) is 0 Å². The molecule has 0 aliphatic carbocycles. The molecule has 19 heavy (non-hydrogen) atoms. The third kappa shape index (κ3) is 4.69. The van der Waals surface area contributed by atoms with Gasteiger partial charge in [0.2, 0.25) is 0 Å². The smallest absolute Gasteiger partial charge is 0.328 e. The van der Waals surface area contributed by atoms with Gasteiger partial charge in [-0.05, 0) is 28.6 Å². The SMILES string of the molecule is O=C(O)C=Cc1ccc(COCc2cccs2)cc1. The Kier molecular flexibility index (Phi) is 4.89. The molecule has 0 fully saturated rings. The average molecular weight is 274 g/mol. The lowest BCUT2D eigenvalue weighted by atomic mass is 10.1. The molecule has 4 heteroatoms. The zero-order chi connectivity index (χ0) is 13.5. The fraction of sp³-hybridized carbons (Fsp3) is 0.133. The Morgan fingerprint density at radius 2 is 2.00 bits per heavy atom. The summed E-state index contributed by atoms with van der Waals surface area (Å²) in [4.78, 5) is 11.6. The zero-order valence-corrected chi connectivity index (χ0v) is 11.1. The minimum atomic E-state index is -0.941. The molecule has 0 amide bonds. The second-order valence-corrected chi connectivity index (χ2v) is 5.02. The van der Waals surface area contributed by atoms with Gasteiger partial charge in [-0.2, -0.15) is 0 Å². The van der Waals surface area contributed by atoms with Gasteiger partial charge in [0.05, 0.1) is 13.2 Å². The summed E-state index contributed by atoms with van der Waals surface area (Å²) in [6.07, 6.45) is 2.70. The third-order valence-electron chi connectivity index (χ3n) is 2.49. The molecule has 0 radical (unpaired) electrons. The van der Waals surface area contributed by atoms with Crippen molar-refractivity contribution in [1.82, 2.24) is 0 Å². The van der Waals surface area contributed by atoms with Crippen LogP contribution >= 0.6 is 11.3 Å². The second-order valence-electron chi connectivity index (χ2n) is 3.99. The predicted molar refractivity (Wildman–Crippen MR) is 75.9 cm³/mol. The number of aliphatic carboxylic acids is 1. The van der Waals surface area contributed by atoms with Crippen molar-refractivity contribution in [3.8, 4) is 0 Å². The molecule has 98 valence electrons. The van der Waals surface area contributed by atoms with Crippen molar-refractivity contribution in [2.24, 2.45) is 0 Å². The first kappa shape index (κ1) is 13.5. The molecule has 3 nitrogen and oxygen atoms in total. The lowest BCUT2D eigenvalue weighted by Crippen LogP contribution is -1.92. The van der Waals surface area contributed by atoms with E-state index >= 15 is 0 Å². The molecule has 0 atom stereocenters. The molecule has 0 saturated heterocycles. The van der Waals surface area contributed by atoms with Crippen LogP contribution in [0.3, 0.4) is 0 Å². The number of carboxylic acids is 1. The van der Waals surface area contributed by atoms with Crippen LogP contribution in [0.4, 0.5) is 0 Å². The molecule has 2 rings (SSSR count). The quantitative estimate of drug-likeness (QED) is 0.819. The van der Waals surface area contributed by atoms with Gasteiger partial charge < -0.3 is 9.84 Å². The van der Waals surface area contributed by atoms with Crippen LogP contribution in [0.2, 0.25) is 0 Å². The fourth-order valence-electron chi connectivity index (χ4n) is 1.56. The zero-order valence-electron chi connectivity index (χ0n) is 10.3. The molecule has 1 aromatic carbocycles. The maximum Gasteiger partial charge on any atom is 0.328 e. The number of hydrogen-bond acceptors (Lipinski definition) is 3. The average Bonchev–Trinajstić information content (AvgIpc) is 2.91. The van der Waals surface area contributed by atoms with E-state index in [1.165, 1.54) is 4.88 Å². The van der Waals surface area contributed by atoms with Crippen molar-refractivity contribution in [2.75, 3.05) is 0 Å². The van der Waals surface area contributed by atoms with Gasteiger partial charge in [-0.15, -0.1) is 11.3 Å². The number of benzene rings is 1. The normalized spacial score (nSPS) is 10.9. The number of thiophene rings is 1. The Morgan fingerprint density at radius 1 is 1.21 bits per heavy atom. The van der Waals surface area contributed by atoms with Gasteiger partial charge in [0.25, 0.3) is 0 Å². The molecule has 1 aromatic heterocycles. The van der Waals surface area contributed by atoms with E-state index in [0.717, 1.165) is 17.2 Å². The van der Waals surface area contributed by atoms with E-state index in [1.807, 2.05) is 41.8 Å². The lowest BCUT2D eigenvalue weighted by Gasteiger charge is -2.03. The summed E-state index contributed by atoms with van der Waals surface area (Å²) in [6, 6.07) is 11.7. The molecule has 1 heterocycles. The second kappa shape index (κ2) is 6.87. The molecular formula is C15H14O3S. The summed E-state index contributed by atoms with van der Waals surface area (Å²) < 4.78 is 5.60. The molecular weight excluding hydrogens is 260 g/mol. The third-order valence-corrected chi connectivity index (χ3v) is 3.34. The fourth-order valence-corrected chi connectivity index (χ4v) is 2.20. The largest absolute Gasteiger partial charge is 0.478 e. The van der Waals surface area contributed by atoms with E-state index in [1.54, 1.807) is 17.4 Å².